The van der Waals surface area contributed by atoms with Crippen LogP contribution in [-0.4, -0.2) is 18.9 Å². The molecule has 0 bridgehead atoms. The number of halogens is 1. The molecule has 3 heteroatoms. The molecule has 0 spiro atoms. The first-order chi connectivity index (χ1) is 10.7. The third-order valence-electron chi connectivity index (χ3n) is 3.92. The van der Waals surface area contributed by atoms with Crippen molar-refractivity contribution in [2.45, 2.75) is 12.8 Å². The highest BCUT2D eigenvalue weighted by atomic mass is 35.5. The highest BCUT2D eigenvalue weighted by Crippen LogP contribution is 2.20. The van der Waals surface area contributed by atoms with Gasteiger partial charge in [0.15, 0.2) is 5.78 Å². The normalized spacial score (nSPS) is 14.7. The lowest BCUT2D eigenvalue weighted by Gasteiger charge is -2.17. The van der Waals surface area contributed by atoms with E-state index in [-0.39, 0.29) is 5.78 Å². The van der Waals surface area contributed by atoms with Crippen molar-refractivity contribution >= 4 is 29.1 Å². The summed E-state index contributed by atoms with van der Waals surface area (Å²) >= 11 is 5.84. The van der Waals surface area contributed by atoms with Crippen LogP contribution < -0.4 is 4.90 Å². The van der Waals surface area contributed by atoms with Crippen LogP contribution >= 0.6 is 11.6 Å². The van der Waals surface area contributed by atoms with Crippen LogP contribution in [0.5, 0.6) is 0 Å². The average molecular weight is 312 g/mol. The number of ketones is 1. The minimum absolute atomic E-state index is 0.0166. The zero-order chi connectivity index (χ0) is 15.4. The van der Waals surface area contributed by atoms with E-state index in [4.69, 9.17) is 11.6 Å². The van der Waals surface area contributed by atoms with Crippen LogP contribution in [0.1, 0.15) is 28.8 Å². The molecule has 0 atom stereocenters. The van der Waals surface area contributed by atoms with E-state index in [2.05, 4.69) is 4.90 Å². The number of hydrogen-bond donors (Lipinski definition) is 0. The third-order valence-corrected chi connectivity index (χ3v) is 4.17. The molecule has 1 aliphatic rings. The summed E-state index contributed by atoms with van der Waals surface area (Å²) in [5, 5.41) is 0.695. The van der Waals surface area contributed by atoms with Crippen LogP contribution in [0.2, 0.25) is 5.02 Å². The second-order valence-electron chi connectivity index (χ2n) is 5.49. The number of benzene rings is 2. The van der Waals surface area contributed by atoms with Crippen LogP contribution in [-0.2, 0) is 0 Å². The Hall–Kier alpha value is -2.06. The van der Waals surface area contributed by atoms with E-state index >= 15 is 0 Å². The number of nitrogens with zero attached hydrogens (tertiary/aromatic N) is 1. The molecule has 0 amide bonds. The lowest BCUT2D eigenvalue weighted by atomic mass is 10.1. The molecule has 22 heavy (non-hydrogen) atoms. The molecular formula is C19H18ClNO. The Bertz CT molecular complexity index is 668. The number of rotatable bonds is 4. The third kappa shape index (κ3) is 3.58. The van der Waals surface area contributed by atoms with Gasteiger partial charge in [-0.1, -0.05) is 29.8 Å². The number of carbonyl (C=O) groups excluding carboxylic acids is 1. The second kappa shape index (κ2) is 6.80. The van der Waals surface area contributed by atoms with Gasteiger partial charge in [0.05, 0.1) is 0 Å². The highest BCUT2D eigenvalue weighted by molar-refractivity contribution is 6.30. The molecule has 0 radical (unpaired) electrons. The van der Waals surface area contributed by atoms with E-state index in [1.807, 2.05) is 54.6 Å². The summed E-state index contributed by atoms with van der Waals surface area (Å²) < 4.78 is 0. The molecule has 2 nitrogen and oxygen atoms in total. The molecule has 112 valence electrons. The van der Waals surface area contributed by atoms with E-state index in [0.29, 0.717) is 10.6 Å². The summed E-state index contributed by atoms with van der Waals surface area (Å²) in [6.07, 6.45) is 5.93. The zero-order valence-corrected chi connectivity index (χ0v) is 13.1. The fourth-order valence-corrected chi connectivity index (χ4v) is 2.78. The Kier molecular flexibility index (Phi) is 4.59. The van der Waals surface area contributed by atoms with E-state index in [0.717, 1.165) is 18.7 Å². The van der Waals surface area contributed by atoms with Gasteiger partial charge in [-0.25, -0.2) is 0 Å². The van der Waals surface area contributed by atoms with E-state index in [9.17, 15) is 4.79 Å². The van der Waals surface area contributed by atoms with Gasteiger partial charge >= 0.3 is 0 Å². The number of allylic oxidation sites excluding steroid dienone is 1. The predicted octanol–water partition coefficient (Wildman–Crippen LogP) is 4.84. The summed E-state index contributed by atoms with van der Waals surface area (Å²) in [5.74, 6) is 0.0166. The number of anilines is 1. The maximum Gasteiger partial charge on any atom is 0.185 e. The van der Waals surface area contributed by atoms with Crippen LogP contribution in [0.4, 0.5) is 5.69 Å². The average Bonchev–Trinajstić information content (AvgIpc) is 3.09. The Labute approximate surface area is 136 Å². The van der Waals surface area contributed by atoms with Crippen molar-refractivity contribution in [3.63, 3.8) is 0 Å². The van der Waals surface area contributed by atoms with Gasteiger partial charge in [-0.15, -0.1) is 0 Å². The van der Waals surface area contributed by atoms with Gasteiger partial charge in [-0.3, -0.25) is 4.79 Å². The molecule has 1 aliphatic heterocycles. The monoisotopic (exact) mass is 311 g/mol. The number of carbonyl (C=O) groups is 1. The number of hydrogen-bond acceptors (Lipinski definition) is 2. The summed E-state index contributed by atoms with van der Waals surface area (Å²) in [6, 6.07) is 15.3. The molecule has 2 aromatic carbocycles. The van der Waals surface area contributed by atoms with Crippen molar-refractivity contribution in [1.82, 2.24) is 0 Å². The van der Waals surface area contributed by atoms with Crippen LogP contribution in [0.3, 0.4) is 0 Å². The first kappa shape index (κ1) is 14.9. The lowest BCUT2D eigenvalue weighted by molar-refractivity contribution is 0.104. The molecule has 0 N–H and O–H groups in total. The van der Waals surface area contributed by atoms with Crippen molar-refractivity contribution in [2.24, 2.45) is 0 Å². The smallest absolute Gasteiger partial charge is 0.185 e. The molecule has 0 aliphatic carbocycles. The predicted molar refractivity (Wildman–Crippen MR) is 92.7 cm³/mol. The first-order valence-corrected chi connectivity index (χ1v) is 7.93. The molecule has 0 saturated carbocycles. The maximum atomic E-state index is 12.2. The van der Waals surface area contributed by atoms with Crippen LogP contribution in [0.15, 0.2) is 54.6 Å². The molecular weight excluding hydrogens is 294 g/mol. The van der Waals surface area contributed by atoms with Crippen molar-refractivity contribution in [3.8, 4) is 0 Å². The minimum Gasteiger partial charge on any atom is -0.372 e. The molecule has 1 saturated heterocycles. The molecule has 1 fully saturated rings. The van der Waals surface area contributed by atoms with Gasteiger partial charge in [0.1, 0.15) is 0 Å². The van der Waals surface area contributed by atoms with Crippen LogP contribution in [0.25, 0.3) is 6.08 Å². The fraction of sp³-hybridized carbons (Fsp3) is 0.211. The van der Waals surface area contributed by atoms with Gasteiger partial charge in [-0.05, 0) is 60.9 Å². The van der Waals surface area contributed by atoms with Gasteiger partial charge in [0, 0.05) is 29.4 Å². The minimum atomic E-state index is 0.0166. The Balaban J connectivity index is 1.68. The largest absolute Gasteiger partial charge is 0.372 e. The quantitative estimate of drug-likeness (QED) is 0.595. The van der Waals surface area contributed by atoms with E-state index in [1.54, 1.807) is 6.08 Å². The fourth-order valence-electron chi connectivity index (χ4n) is 2.65. The summed E-state index contributed by atoms with van der Waals surface area (Å²) in [5.41, 5.74) is 2.88. The Morgan fingerprint density at radius 2 is 1.59 bits per heavy atom. The van der Waals surface area contributed by atoms with Crippen molar-refractivity contribution in [1.29, 1.82) is 0 Å². The molecule has 1 heterocycles. The van der Waals surface area contributed by atoms with Crippen LogP contribution in [0, 0.1) is 0 Å². The highest BCUT2D eigenvalue weighted by Gasteiger charge is 2.12. The second-order valence-corrected chi connectivity index (χ2v) is 5.93. The Morgan fingerprint density at radius 1 is 0.955 bits per heavy atom. The van der Waals surface area contributed by atoms with Gasteiger partial charge in [-0.2, -0.15) is 0 Å². The maximum absolute atomic E-state index is 12.2. The SMILES string of the molecule is O=C(/C=C/c1ccc(Cl)cc1)c1ccc(N2CCCC2)cc1. The standard InChI is InChI=1S/C19H18ClNO/c20-17-8-3-15(4-9-17)5-12-19(22)16-6-10-18(11-7-16)21-13-1-2-14-21/h3-12H,1-2,13-14H2/b12-5+. The molecule has 2 aromatic rings. The van der Waals surface area contributed by atoms with Gasteiger partial charge < -0.3 is 4.90 Å². The zero-order valence-electron chi connectivity index (χ0n) is 12.3. The van der Waals surface area contributed by atoms with Crippen molar-refractivity contribution < 1.29 is 4.79 Å². The summed E-state index contributed by atoms with van der Waals surface area (Å²) in [6.45, 7) is 2.23. The van der Waals surface area contributed by atoms with E-state index in [1.165, 1.54) is 18.5 Å². The van der Waals surface area contributed by atoms with Gasteiger partial charge in [0.25, 0.3) is 0 Å². The molecule has 0 aromatic heterocycles. The van der Waals surface area contributed by atoms with Gasteiger partial charge in [0.2, 0.25) is 0 Å². The molecule has 0 unspecified atom stereocenters. The lowest BCUT2D eigenvalue weighted by Crippen LogP contribution is -2.17. The summed E-state index contributed by atoms with van der Waals surface area (Å²) in [4.78, 5) is 14.5. The first-order valence-electron chi connectivity index (χ1n) is 7.55. The van der Waals surface area contributed by atoms with E-state index < -0.39 is 0 Å². The van der Waals surface area contributed by atoms with Crippen molar-refractivity contribution in [3.05, 3.63) is 70.8 Å². The summed E-state index contributed by atoms with van der Waals surface area (Å²) in [7, 11) is 0. The Morgan fingerprint density at radius 3 is 2.23 bits per heavy atom. The van der Waals surface area contributed by atoms with Crippen molar-refractivity contribution in [2.75, 3.05) is 18.0 Å². The topological polar surface area (TPSA) is 20.3 Å². The molecule has 3 rings (SSSR count).